The van der Waals surface area contributed by atoms with Crippen molar-refractivity contribution in [3.8, 4) is 22.8 Å². The molecule has 128 valence electrons. The summed E-state index contributed by atoms with van der Waals surface area (Å²) in [5, 5.41) is 8.34. The highest BCUT2D eigenvalue weighted by Crippen LogP contribution is 2.35. The molecule has 1 aliphatic heterocycles. The minimum atomic E-state index is -0.350. The minimum Gasteiger partial charge on any atom is -0.497 e. The molecule has 0 aliphatic carbocycles. The second kappa shape index (κ2) is 7.61. The van der Waals surface area contributed by atoms with Gasteiger partial charge in [-0.3, -0.25) is 4.79 Å². The molecule has 1 atom stereocenters. The van der Waals surface area contributed by atoms with E-state index < -0.39 is 0 Å². The van der Waals surface area contributed by atoms with Crippen LogP contribution in [0.3, 0.4) is 0 Å². The summed E-state index contributed by atoms with van der Waals surface area (Å²) in [4.78, 5) is 16.7. The van der Waals surface area contributed by atoms with Gasteiger partial charge in [0.2, 0.25) is 5.91 Å². The molecule has 1 aromatic carbocycles. The Morgan fingerprint density at radius 3 is 3.00 bits per heavy atom. The number of morpholine rings is 1. The number of thiazole rings is 1. The maximum absolute atomic E-state index is 12.2. The fraction of sp³-hybridized carbons (Fsp3) is 0.375. The Bertz CT molecular complexity index is 713. The molecule has 1 saturated heterocycles. The molecule has 1 aliphatic rings. The Labute approximate surface area is 143 Å². The van der Waals surface area contributed by atoms with Crippen LogP contribution in [-0.2, 0) is 9.53 Å². The molecular weight excluding hydrogens is 330 g/mol. The lowest BCUT2D eigenvalue weighted by atomic mass is 10.1. The van der Waals surface area contributed by atoms with Crippen LogP contribution in [-0.4, -0.2) is 50.9 Å². The highest BCUT2D eigenvalue weighted by Gasteiger charge is 2.22. The molecule has 1 amide bonds. The molecule has 7 nitrogen and oxygen atoms in total. The van der Waals surface area contributed by atoms with Gasteiger partial charge in [-0.05, 0) is 18.2 Å². The number of methoxy groups -OCH3 is 2. The number of nitrogens with zero attached hydrogens (tertiary/aromatic N) is 1. The van der Waals surface area contributed by atoms with Crippen LogP contribution < -0.4 is 20.1 Å². The summed E-state index contributed by atoms with van der Waals surface area (Å²) in [6.45, 7) is 1.66. The first kappa shape index (κ1) is 16.7. The Balaban J connectivity index is 1.76. The molecule has 24 heavy (non-hydrogen) atoms. The predicted molar refractivity (Wildman–Crippen MR) is 91.9 cm³/mol. The van der Waals surface area contributed by atoms with Crippen LogP contribution in [0.5, 0.6) is 11.5 Å². The molecule has 2 N–H and O–H groups in total. The van der Waals surface area contributed by atoms with Crippen LogP contribution in [0.25, 0.3) is 11.3 Å². The van der Waals surface area contributed by atoms with Crippen molar-refractivity contribution in [2.75, 3.05) is 39.3 Å². The maximum atomic E-state index is 12.2. The summed E-state index contributed by atoms with van der Waals surface area (Å²) >= 11 is 1.36. The van der Waals surface area contributed by atoms with E-state index in [0.717, 1.165) is 11.3 Å². The zero-order chi connectivity index (χ0) is 16.9. The number of rotatable bonds is 5. The van der Waals surface area contributed by atoms with Crippen LogP contribution in [0.4, 0.5) is 5.13 Å². The van der Waals surface area contributed by atoms with Gasteiger partial charge in [-0.15, -0.1) is 11.3 Å². The molecular formula is C16H19N3O4S. The number of amides is 1. The lowest BCUT2D eigenvalue weighted by Crippen LogP contribution is -2.48. The summed E-state index contributed by atoms with van der Waals surface area (Å²) in [5.74, 6) is 1.27. The van der Waals surface area contributed by atoms with E-state index in [4.69, 9.17) is 14.2 Å². The third kappa shape index (κ3) is 3.66. The first-order valence-electron chi connectivity index (χ1n) is 7.51. The van der Waals surface area contributed by atoms with Crippen molar-refractivity contribution in [3.63, 3.8) is 0 Å². The van der Waals surface area contributed by atoms with Crippen molar-refractivity contribution in [1.29, 1.82) is 0 Å². The van der Waals surface area contributed by atoms with Crippen molar-refractivity contribution < 1.29 is 19.0 Å². The van der Waals surface area contributed by atoms with Crippen molar-refractivity contribution in [2.45, 2.75) is 6.04 Å². The lowest BCUT2D eigenvalue weighted by Gasteiger charge is -2.22. The van der Waals surface area contributed by atoms with Gasteiger partial charge in [-0.1, -0.05) is 0 Å². The molecule has 2 heterocycles. The molecule has 0 spiro atoms. The van der Waals surface area contributed by atoms with Gasteiger partial charge < -0.3 is 24.8 Å². The predicted octanol–water partition coefficient (Wildman–Crippen LogP) is 1.75. The first-order chi connectivity index (χ1) is 11.7. The van der Waals surface area contributed by atoms with Crippen LogP contribution in [0.15, 0.2) is 23.6 Å². The number of anilines is 1. The van der Waals surface area contributed by atoms with E-state index >= 15 is 0 Å². The Morgan fingerprint density at radius 2 is 2.29 bits per heavy atom. The zero-order valence-corrected chi connectivity index (χ0v) is 14.3. The largest absolute Gasteiger partial charge is 0.497 e. The van der Waals surface area contributed by atoms with E-state index in [1.807, 2.05) is 23.6 Å². The van der Waals surface area contributed by atoms with E-state index in [-0.39, 0.29) is 11.9 Å². The third-order valence-corrected chi connectivity index (χ3v) is 4.41. The monoisotopic (exact) mass is 349 g/mol. The number of hydrogen-bond donors (Lipinski definition) is 2. The second-order valence-electron chi connectivity index (χ2n) is 5.17. The SMILES string of the molecule is COc1ccc(OC)c(-c2csc(NC(=O)C3COCCN3)n2)c1. The normalized spacial score (nSPS) is 17.3. The summed E-state index contributed by atoms with van der Waals surface area (Å²) < 4.78 is 15.9. The molecule has 1 unspecified atom stereocenters. The summed E-state index contributed by atoms with van der Waals surface area (Å²) in [6.07, 6.45) is 0. The number of aromatic nitrogens is 1. The van der Waals surface area contributed by atoms with Crippen molar-refractivity contribution in [3.05, 3.63) is 23.6 Å². The molecule has 8 heteroatoms. The standard InChI is InChI=1S/C16H19N3O4S/c1-21-10-3-4-14(22-2)11(7-10)13-9-24-16(18-13)19-15(20)12-8-23-6-5-17-12/h3-4,7,9,12,17H,5-6,8H2,1-2H3,(H,18,19,20). The fourth-order valence-corrected chi connectivity index (χ4v) is 3.11. The number of carbonyl (C=O) groups is 1. The third-order valence-electron chi connectivity index (χ3n) is 3.66. The van der Waals surface area contributed by atoms with Crippen molar-refractivity contribution >= 4 is 22.4 Å². The topological polar surface area (TPSA) is 81.7 Å². The number of ether oxygens (including phenoxy) is 3. The van der Waals surface area contributed by atoms with E-state index in [2.05, 4.69) is 15.6 Å². The number of carbonyl (C=O) groups excluding carboxylic acids is 1. The molecule has 1 fully saturated rings. The first-order valence-corrected chi connectivity index (χ1v) is 8.39. The summed E-state index contributed by atoms with van der Waals surface area (Å²) in [6, 6.07) is 5.16. The highest BCUT2D eigenvalue weighted by atomic mass is 32.1. The fourth-order valence-electron chi connectivity index (χ4n) is 2.40. The quantitative estimate of drug-likeness (QED) is 0.856. The highest BCUT2D eigenvalue weighted by molar-refractivity contribution is 7.14. The van der Waals surface area contributed by atoms with E-state index in [0.29, 0.717) is 36.4 Å². The van der Waals surface area contributed by atoms with Crippen LogP contribution in [0, 0.1) is 0 Å². The number of nitrogens with one attached hydrogen (secondary N) is 2. The average molecular weight is 349 g/mol. The van der Waals surface area contributed by atoms with Gasteiger partial charge in [0.25, 0.3) is 0 Å². The van der Waals surface area contributed by atoms with Crippen LogP contribution in [0.1, 0.15) is 0 Å². The maximum Gasteiger partial charge on any atom is 0.245 e. The van der Waals surface area contributed by atoms with Crippen LogP contribution >= 0.6 is 11.3 Å². The zero-order valence-electron chi connectivity index (χ0n) is 13.5. The van der Waals surface area contributed by atoms with Gasteiger partial charge in [-0.25, -0.2) is 4.98 Å². The van der Waals surface area contributed by atoms with E-state index in [1.165, 1.54) is 11.3 Å². The average Bonchev–Trinajstić information content (AvgIpc) is 3.10. The van der Waals surface area contributed by atoms with Crippen molar-refractivity contribution in [2.24, 2.45) is 0 Å². The van der Waals surface area contributed by atoms with E-state index in [1.54, 1.807) is 14.2 Å². The molecule has 3 rings (SSSR count). The Kier molecular flexibility index (Phi) is 5.29. The minimum absolute atomic E-state index is 0.145. The van der Waals surface area contributed by atoms with Gasteiger partial charge in [0, 0.05) is 17.5 Å². The van der Waals surface area contributed by atoms with E-state index in [9.17, 15) is 4.79 Å². The summed E-state index contributed by atoms with van der Waals surface area (Å²) in [5.41, 5.74) is 1.53. The van der Waals surface area contributed by atoms with Crippen molar-refractivity contribution in [1.82, 2.24) is 10.3 Å². The molecule has 0 radical (unpaired) electrons. The smallest absolute Gasteiger partial charge is 0.245 e. The second-order valence-corrected chi connectivity index (χ2v) is 6.03. The molecule has 2 aromatic rings. The summed E-state index contributed by atoms with van der Waals surface area (Å²) in [7, 11) is 3.21. The van der Waals surface area contributed by atoms with Gasteiger partial charge in [0.15, 0.2) is 5.13 Å². The van der Waals surface area contributed by atoms with Crippen LogP contribution in [0.2, 0.25) is 0 Å². The molecule has 0 bridgehead atoms. The Hall–Kier alpha value is -2.16. The van der Waals surface area contributed by atoms with Gasteiger partial charge in [-0.2, -0.15) is 0 Å². The van der Waals surface area contributed by atoms with Gasteiger partial charge in [0.1, 0.15) is 17.5 Å². The lowest BCUT2D eigenvalue weighted by molar-refractivity contribution is -0.120. The van der Waals surface area contributed by atoms with Gasteiger partial charge in [0.05, 0.1) is 33.1 Å². The Morgan fingerprint density at radius 1 is 1.42 bits per heavy atom. The van der Waals surface area contributed by atoms with Gasteiger partial charge >= 0.3 is 0 Å². The molecule has 1 aromatic heterocycles. The molecule has 0 saturated carbocycles. The number of hydrogen-bond acceptors (Lipinski definition) is 7. The number of benzene rings is 1.